The summed E-state index contributed by atoms with van der Waals surface area (Å²) in [5, 5.41) is 0. The fraction of sp³-hybridized carbons (Fsp3) is 0.611. The van der Waals surface area contributed by atoms with Gasteiger partial charge in [-0.2, -0.15) is 0 Å². The molecule has 2 aliphatic rings. The fourth-order valence-electron chi connectivity index (χ4n) is 3.32. The highest BCUT2D eigenvalue weighted by Crippen LogP contribution is 2.28. The molecule has 0 spiro atoms. The van der Waals surface area contributed by atoms with Crippen molar-refractivity contribution in [1.82, 2.24) is 4.90 Å². The Balaban J connectivity index is 1.56. The van der Waals surface area contributed by atoms with Gasteiger partial charge in [0, 0.05) is 44.5 Å². The Morgan fingerprint density at radius 3 is 3.00 bits per heavy atom. The maximum Gasteiger partial charge on any atom is 0.254 e. The lowest BCUT2D eigenvalue weighted by Crippen LogP contribution is -2.30. The van der Waals surface area contributed by atoms with E-state index < -0.39 is 0 Å². The number of likely N-dealkylation sites (tertiary alicyclic amines) is 1. The third-order valence-electron chi connectivity index (χ3n) is 4.68. The van der Waals surface area contributed by atoms with E-state index in [1.165, 1.54) is 11.3 Å². The average Bonchev–Trinajstić information content (AvgIpc) is 3.18. The quantitative estimate of drug-likeness (QED) is 0.752. The minimum absolute atomic E-state index is 0.115. The number of nitrogens with zero attached hydrogens (tertiary/aromatic N) is 2. The Hall–Kier alpha value is -1.59. The molecule has 1 saturated heterocycles. The van der Waals surface area contributed by atoms with Gasteiger partial charge >= 0.3 is 0 Å². The first-order chi connectivity index (χ1) is 11.2. The molecule has 0 aromatic heterocycles. The van der Waals surface area contributed by atoms with Gasteiger partial charge in [-0.3, -0.25) is 4.79 Å². The van der Waals surface area contributed by atoms with E-state index in [-0.39, 0.29) is 12.0 Å². The molecule has 5 nitrogen and oxygen atoms in total. The van der Waals surface area contributed by atoms with Crippen LogP contribution in [0.25, 0.3) is 0 Å². The van der Waals surface area contributed by atoms with Crippen LogP contribution in [0.2, 0.25) is 0 Å². The van der Waals surface area contributed by atoms with E-state index in [0.717, 1.165) is 31.5 Å². The summed E-state index contributed by atoms with van der Waals surface area (Å²) in [4.78, 5) is 16.8. The van der Waals surface area contributed by atoms with Crippen LogP contribution in [0, 0.1) is 0 Å². The molecule has 0 N–H and O–H groups in total. The van der Waals surface area contributed by atoms with Gasteiger partial charge in [-0.05, 0) is 37.5 Å². The highest BCUT2D eigenvalue weighted by atomic mass is 16.5. The van der Waals surface area contributed by atoms with Crippen molar-refractivity contribution < 1.29 is 14.3 Å². The van der Waals surface area contributed by atoms with Crippen LogP contribution in [-0.4, -0.2) is 63.4 Å². The number of amides is 1. The van der Waals surface area contributed by atoms with Crippen molar-refractivity contribution in [3.63, 3.8) is 0 Å². The summed E-state index contributed by atoms with van der Waals surface area (Å²) in [6.45, 7) is 6.40. The largest absolute Gasteiger partial charge is 0.379 e. The van der Waals surface area contributed by atoms with Gasteiger partial charge in [0.15, 0.2) is 0 Å². The Morgan fingerprint density at radius 2 is 2.17 bits per heavy atom. The summed E-state index contributed by atoms with van der Waals surface area (Å²) >= 11 is 0. The van der Waals surface area contributed by atoms with Gasteiger partial charge in [0.05, 0.1) is 19.3 Å². The first-order valence-electron chi connectivity index (χ1n) is 8.51. The minimum Gasteiger partial charge on any atom is -0.379 e. The first kappa shape index (κ1) is 16.3. The highest BCUT2D eigenvalue weighted by molar-refractivity contribution is 5.95. The number of benzene rings is 1. The van der Waals surface area contributed by atoms with Crippen molar-refractivity contribution in [2.45, 2.75) is 25.9 Å². The normalized spacial score (nSPS) is 20.2. The maximum absolute atomic E-state index is 12.7. The molecule has 1 amide bonds. The minimum atomic E-state index is 0.115. The number of hydrogen-bond donors (Lipinski definition) is 0. The van der Waals surface area contributed by atoms with Crippen LogP contribution in [0.15, 0.2) is 18.2 Å². The molecule has 2 aliphatic heterocycles. The smallest absolute Gasteiger partial charge is 0.254 e. The summed E-state index contributed by atoms with van der Waals surface area (Å²) in [7, 11) is 2.08. The van der Waals surface area contributed by atoms with Gasteiger partial charge in [-0.1, -0.05) is 6.07 Å². The van der Waals surface area contributed by atoms with Crippen LogP contribution in [0.1, 0.15) is 29.3 Å². The molecule has 0 bridgehead atoms. The molecule has 23 heavy (non-hydrogen) atoms. The van der Waals surface area contributed by atoms with Gasteiger partial charge in [0.25, 0.3) is 5.91 Å². The number of carbonyl (C=O) groups is 1. The molecule has 3 rings (SSSR count). The van der Waals surface area contributed by atoms with Crippen LogP contribution < -0.4 is 4.90 Å². The molecule has 1 atom stereocenters. The predicted octanol–water partition coefficient (Wildman–Crippen LogP) is 1.95. The van der Waals surface area contributed by atoms with Crippen molar-refractivity contribution in [1.29, 1.82) is 0 Å². The second-order valence-corrected chi connectivity index (χ2v) is 6.24. The SMILES string of the molecule is CCOCCO[C@H]1CCN(C(=O)c2ccc3c(c2)N(C)CC3)C1. The maximum atomic E-state index is 12.7. The molecule has 5 heteroatoms. The number of carbonyl (C=O) groups excluding carboxylic acids is 1. The molecule has 2 heterocycles. The van der Waals surface area contributed by atoms with Crippen LogP contribution in [0.4, 0.5) is 5.69 Å². The zero-order valence-electron chi connectivity index (χ0n) is 14.1. The van der Waals surface area contributed by atoms with Crippen LogP contribution in [0.5, 0.6) is 0 Å². The van der Waals surface area contributed by atoms with Crippen LogP contribution in [-0.2, 0) is 15.9 Å². The summed E-state index contributed by atoms with van der Waals surface area (Å²) in [6, 6.07) is 6.09. The molecule has 0 radical (unpaired) electrons. The van der Waals surface area contributed by atoms with Gasteiger partial charge < -0.3 is 19.3 Å². The van der Waals surface area contributed by atoms with E-state index in [9.17, 15) is 4.79 Å². The third-order valence-corrected chi connectivity index (χ3v) is 4.68. The molecular weight excluding hydrogens is 292 g/mol. The standard InChI is InChI=1S/C18H26N2O3/c1-3-22-10-11-23-16-7-9-20(13-16)18(21)15-5-4-14-6-8-19(2)17(14)12-15/h4-5,12,16H,3,6-11,13H2,1-2H3/t16-/m0/s1. The van der Waals surface area contributed by atoms with Gasteiger partial charge in [-0.15, -0.1) is 0 Å². The van der Waals surface area contributed by atoms with E-state index >= 15 is 0 Å². The Kier molecular flexibility index (Phi) is 5.18. The summed E-state index contributed by atoms with van der Waals surface area (Å²) in [5.41, 5.74) is 3.31. The number of anilines is 1. The van der Waals surface area contributed by atoms with E-state index in [2.05, 4.69) is 18.0 Å². The van der Waals surface area contributed by atoms with Crippen molar-refractivity contribution in [3.05, 3.63) is 29.3 Å². The second kappa shape index (κ2) is 7.32. The molecule has 126 valence electrons. The number of likely N-dealkylation sites (N-methyl/N-ethyl adjacent to an activating group) is 1. The molecule has 1 fully saturated rings. The molecule has 1 aromatic carbocycles. The number of hydrogen-bond acceptors (Lipinski definition) is 4. The second-order valence-electron chi connectivity index (χ2n) is 6.24. The van der Waals surface area contributed by atoms with Gasteiger partial charge in [0.1, 0.15) is 0 Å². The van der Waals surface area contributed by atoms with Gasteiger partial charge in [-0.25, -0.2) is 0 Å². The number of fused-ring (bicyclic) bond motifs is 1. The lowest BCUT2D eigenvalue weighted by Gasteiger charge is -2.18. The Labute approximate surface area is 138 Å². The first-order valence-corrected chi connectivity index (χ1v) is 8.51. The van der Waals surface area contributed by atoms with E-state index in [4.69, 9.17) is 9.47 Å². The lowest BCUT2D eigenvalue weighted by atomic mass is 10.1. The van der Waals surface area contributed by atoms with Crippen molar-refractivity contribution in [2.75, 3.05) is 51.4 Å². The lowest BCUT2D eigenvalue weighted by molar-refractivity contribution is 0.0120. The topological polar surface area (TPSA) is 42.0 Å². The molecule has 0 saturated carbocycles. The third kappa shape index (κ3) is 3.67. The number of ether oxygens (including phenoxy) is 2. The fourth-order valence-corrected chi connectivity index (χ4v) is 3.32. The monoisotopic (exact) mass is 318 g/mol. The molecule has 0 unspecified atom stereocenters. The van der Waals surface area contributed by atoms with Crippen molar-refractivity contribution in [3.8, 4) is 0 Å². The molecule has 0 aliphatic carbocycles. The highest BCUT2D eigenvalue weighted by Gasteiger charge is 2.28. The van der Waals surface area contributed by atoms with Crippen LogP contribution in [0.3, 0.4) is 0 Å². The summed E-state index contributed by atoms with van der Waals surface area (Å²) < 4.78 is 11.1. The van der Waals surface area contributed by atoms with E-state index in [1.54, 1.807) is 0 Å². The summed E-state index contributed by atoms with van der Waals surface area (Å²) in [6.07, 6.45) is 2.11. The van der Waals surface area contributed by atoms with Crippen LogP contribution >= 0.6 is 0 Å². The Morgan fingerprint density at radius 1 is 1.30 bits per heavy atom. The zero-order chi connectivity index (χ0) is 16.2. The predicted molar refractivity (Wildman–Crippen MR) is 90.2 cm³/mol. The Bertz CT molecular complexity index is 561. The van der Waals surface area contributed by atoms with E-state index in [0.29, 0.717) is 26.4 Å². The van der Waals surface area contributed by atoms with Gasteiger partial charge in [0.2, 0.25) is 0 Å². The number of rotatable bonds is 6. The van der Waals surface area contributed by atoms with Crippen molar-refractivity contribution in [2.24, 2.45) is 0 Å². The van der Waals surface area contributed by atoms with Crippen molar-refractivity contribution >= 4 is 11.6 Å². The molecule has 1 aromatic rings. The average molecular weight is 318 g/mol. The molecular formula is C18H26N2O3. The van der Waals surface area contributed by atoms with E-state index in [1.807, 2.05) is 24.0 Å². The zero-order valence-corrected chi connectivity index (χ0v) is 14.1. The summed E-state index contributed by atoms with van der Waals surface area (Å²) in [5.74, 6) is 0.115.